The molecule has 0 aliphatic heterocycles. The number of amides is 1. The SMILES string of the molecule is Cc1cc(CN(C)C(=O)[C@@H](c2ccccc2F)N(C)C)ccn1. The van der Waals surface area contributed by atoms with Crippen LogP contribution in [0.15, 0.2) is 42.6 Å². The zero-order valence-corrected chi connectivity index (χ0v) is 14.0. The number of aryl methyl sites for hydroxylation is 1. The van der Waals surface area contributed by atoms with Crippen molar-refractivity contribution in [3.8, 4) is 0 Å². The van der Waals surface area contributed by atoms with Crippen molar-refractivity contribution in [2.75, 3.05) is 21.1 Å². The number of aromatic nitrogens is 1. The van der Waals surface area contributed by atoms with E-state index in [1.807, 2.05) is 19.1 Å². The van der Waals surface area contributed by atoms with Crippen LogP contribution in [0.2, 0.25) is 0 Å². The highest BCUT2D eigenvalue weighted by molar-refractivity contribution is 5.83. The van der Waals surface area contributed by atoms with E-state index in [0.717, 1.165) is 11.3 Å². The number of carbonyl (C=O) groups is 1. The van der Waals surface area contributed by atoms with Gasteiger partial charge in [-0.15, -0.1) is 0 Å². The van der Waals surface area contributed by atoms with Gasteiger partial charge in [0.25, 0.3) is 0 Å². The van der Waals surface area contributed by atoms with Gasteiger partial charge >= 0.3 is 0 Å². The molecule has 0 fully saturated rings. The molecule has 0 N–H and O–H groups in total. The summed E-state index contributed by atoms with van der Waals surface area (Å²) in [6.45, 7) is 2.37. The summed E-state index contributed by atoms with van der Waals surface area (Å²) >= 11 is 0. The van der Waals surface area contributed by atoms with E-state index in [4.69, 9.17) is 0 Å². The van der Waals surface area contributed by atoms with Crippen LogP contribution in [-0.4, -0.2) is 41.8 Å². The largest absolute Gasteiger partial charge is 0.340 e. The number of hydrogen-bond donors (Lipinski definition) is 0. The van der Waals surface area contributed by atoms with Crippen LogP contribution >= 0.6 is 0 Å². The second-order valence-corrected chi connectivity index (χ2v) is 5.89. The molecule has 0 bridgehead atoms. The minimum Gasteiger partial charge on any atom is -0.340 e. The summed E-state index contributed by atoms with van der Waals surface area (Å²) in [5.41, 5.74) is 2.29. The first-order valence-electron chi connectivity index (χ1n) is 7.47. The van der Waals surface area contributed by atoms with E-state index >= 15 is 0 Å². The normalized spacial score (nSPS) is 12.3. The monoisotopic (exact) mass is 315 g/mol. The van der Waals surface area contributed by atoms with Crippen molar-refractivity contribution < 1.29 is 9.18 Å². The van der Waals surface area contributed by atoms with Crippen LogP contribution in [0.3, 0.4) is 0 Å². The first-order chi connectivity index (χ1) is 10.9. The minimum atomic E-state index is -0.649. The van der Waals surface area contributed by atoms with E-state index in [-0.39, 0.29) is 11.7 Å². The smallest absolute Gasteiger partial charge is 0.244 e. The molecule has 0 aliphatic rings. The third-order valence-electron chi connectivity index (χ3n) is 3.71. The van der Waals surface area contributed by atoms with Gasteiger partial charge in [0.05, 0.1) is 0 Å². The van der Waals surface area contributed by atoms with Crippen molar-refractivity contribution >= 4 is 5.91 Å². The summed E-state index contributed by atoms with van der Waals surface area (Å²) < 4.78 is 14.1. The van der Waals surface area contributed by atoms with Gasteiger partial charge in [-0.25, -0.2) is 4.39 Å². The van der Waals surface area contributed by atoms with Gasteiger partial charge in [-0.3, -0.25) is 14.7 Å². The Morgan fingerprint density at radius 1 is 1.22 bits per heavy atom. The Bertz CT molecular complexity index is 687. The zero-order valence-electron chi connectivity index (χ0n) is 14.0. The van der Waals surface area contributed by atoms with Crippen LogP contribution in [0.25, 0.3) is 0 Å². The lowest BCUT2D eigenvalue weighted by Crippen LogP contribution is -2.38. The highest BCUT2D eigenvalue weighted by atomic mass is 19.1. The van der Waals surface area contributed by atoms with Gasteiger partial charge in [-0.2, -0.15) is 0 Å². The Labute approximate surface area is 136 Å². The molecule has 1 aromatic carbocycles. The van der Waals surface area contributed by atoms with E-state index in [1.165, 1.54) is 6.07 Å². The Kier molecular flexibility index (Phi) is 5.45. The second kappa shape index (κ2) is 7.33. The molecular weight excluding hydrogens is 293 g/mol. The molecule has 23 heavy (non-hydrogen) atoms. The molecule has 1 atom stereocenters. The molecule has 122 valence electrons. The van der Waals surface area contributed by atoms with Crippen LogP contribution in [0.5, 0.6) is 0 Å². The van der Waals surface area contributed by atoms with Crippen molar-refractivity contribution in [1.82, 2.24) is 14.8 Å². The summed E-state index contributed by atoms with van der Waals surface area (Å²) in [7, 11) is 5.29. The number of hydrogen-bond acceptors (Lipinski definition) is 3. The lowest BCUT2D eigenvalue weighted by Gasteiger charge is -2.29. The fraction of sp³-hybridized carbons (Fsp3) is 0.333. The highest BCUT2D eigenvalue weighted by Gasteiger charge is 2.28. The molecule has 1 aromatic heterocycles. The Morgan fingerprint density at radius 3 is 2.52 bits per heavy atom. The molecule has 5 heteroatoms. The predicted molar refractivity (Wildman–Crippen MR) is 88.3 cm³/mol. The van der Waals surface area contributed by atoms with Crippen LogP contribution in [-0.2, 0) is 11.3 Å². The van der Waals surface area contributed by atoms with E-state index in [1.54, 1.807) is 55.3 Å². The third kappa shape index (κ3) is 4.13. The lowest BCUT2D eigenvalue weighted by molar-refractivity contribution is -0.135. The zero-order chi connectivity index (χ0) is 17.0. The molecule has 1 amide bonds. The van der Waals surface area contributed by atoms with Gasteiger partial charge in [-0.1, -0.05) is 18.2 Å². The Morgan fingerprint density at radius 2 is 1.91 bits per heavy atom. The van der Waals surface area contributed by atoms with Crippen LogP contribution < -0.4 is 0 Å². The average molecular weight is 315 g/mol. The van der Waals surface area contributed by atoms with E-state index in [2.05, 4.69) is 4.98 Å². The van der Waals surface area contributed by atoms with E-state index in [9.17, 15) is 9.18 Å². The van der Waals surface area contributed by atoms with Gasteiger partial charge in [-0.05, 0) is 44.8 Å². The molecule has 4 nitrogen and oxygen atoms in total. The minimum absolute atomic E-state index is 0.144. The topological polar surface area (TPSA) is 36.4 Å². The molecule has 1 heterocycles. The molecule has 0 spiro atoms. The van der Waals surface area contributed by atoms with E-state index < -0.39 is 6.04 Å². The van der Waals surface area contributed by atoms with Crippen molar-refractivity contribution in [2.45, 2.75) is 19.5 Å². The van der Waals surface area contributed by atoms with Gasteiger partial charge in [0.15, 0.2) is 0 Å². The van der Waals surface area contributed by atoms with Crippen LogP contribution in [0.4, 0.5) is 4.39 Å². The number of rotatable bonds is 5. The number of pyridine rings is 1. The average Bonchev–Trinajstić information content (AvgIpc) is 2.49. The Balaban J connectivity index is 2.22. The lowest BCUT2D eigenvalue weighted by atomic mass is 10.0. The fourth-order valence-corrected chi connectivity index (χ4v) is 2.59. The molecule has 0 aliphatic carbocycles. The summed E-state index contributed by atoms with van der Waals surface area (Å²) in [6, 6.07) is 9.58. The first-order valence-corrected chi connectivity index (χ1v) is 7.47. The van der Waals surface area contributed by atoms with Gasteiger partial charge in [0, 0.05) is 31.0 Å². The van der Waals surface area contributed by atoms with Gasteiger partial charge < -0.3 is 4.90 Å². The molecule has 0 saturated carbocycles. The molecule has 2 aromatic rings. The molecule has 0 saturated heterocycles. The van der Waals surface area contributed by atoms with Crippen molar-refractivity contribution in [1.29, 1.82) is 0 Å². The standard InChI is InChI=1S/C18H22FN3O/c1-13-11-14(9-10-20-13)12-22(4)18(23)17(21(2)3)15-7-5-6-8-16(15)19/h5-11,17H,12H2,1-4H3/t17-/m1/s1. The second-order valence-electron chi connectivity index (χ2n) is 5.89. The number of likely N-dealkylation sites (N-methyl/N-ethyl adjacent to an activating group) is 2. The summed E-state index contributed by atoms with van der Waals surface area (Å²) in [6.07, 6.45) is 1.73. The van der Waals surface area contributed by atoms with Crippen LogP contribution in [0.1, 0.15) is 22.9 Å². The first kappa shape index (κ1) is 17.1. The van der Waals surface area contributed by atoms with Crippen molar-refractivity contribution in [3.63, 3.8) is 0 Å². The van der Waals surface area contributed by atoms with Crippen molar-refractivity contribution in [3.05, 3.63) is 65.2 Å². The number of halogens is 1. The fourth-order valence-electron chi connectivity index (χ4n) is 2.59. The number of benzene rings is 1. The number of carbonyl (C=O) groups excluding carboxylic acids is 1. The maximum absolute atomic E-state index is 14.1. The third-order valence-corrected chi connectivity index (χ3v) is 3.71. The Hall–Kier alpha value is -2.27. The number of nitrogens with zero attached hydrogens (tertiary/aromatic N) is 3. The summed E-state index contributed by atoms with van der Waals surface area (Å²) in [5.74, 6) is -0.512. The predicted octanol–water partition coefficient (Wildman–Crippen LogP) is 2.79. The summed E-state index contributed by atoms with van der Waals surface area (Å²) in [4.78, 5) is 20.3. The molecule has 0 radical (unpaired) electrons. The van der Waals surface area contributed by atoms with Gasteiger partial charge in [0.2, 0.25) is 5.91 Å². The molecular formula is C18H22FN3O. The summed E-state index contributed by atoms with van der Waals surface area (Å²) in [5, 5.41) is 0. The van der Waals surface area contributed by atoms with Crippen LogP contribution in [0, 0.1) is 12.7 Å². The van der Waals surface area contributed by atoms with E-state index in [0.29, 0.717) is 12.1 Å². The molecule has 0 unspecified atom stereocenters. The highest BCUT2D eigenvalue weighted by Crippen LogP contribution is 2.23. The van der Waals surface area contributed by atoms with Gasteiger partial charge in [0.1, 0.15) is 11.9 Å². The van der Waals surface area contributed by atoms with Crippen molar-refractivity contribution in [2.24, 2.45) is 0 Å². The maximum atomic E-state index is 14.1. The maximum Gasteiger partial charge on any atom is 0.244 e. The quantitative estimate of drug-likeness (QED) is 0.851. The molecule has 2 rings (SSSR count).